The van der Waals surface area contributed by atoms with Crippen molar-refractivity contribution in [2.45, 2.75) is 12.8 Å². The molecular formula is C17H14F2N2OS. The molecule has 0 fully saturated rings. The lowest BCUT2D eigenvalue weighted by molar-refractivity contribution is 0.0943. The van der Waals surface area contributed by atoms with Crippen LogP contribution in [-0.4, -0.2) is 17.4 Å². The van der Waals surface area contributed by atoms with E-state index < -0.39 is 23.1 Å². The SMILES string of the molecule is CC(CNC(=O)c1c(F)cccc1F)c1nc2ccccc2s1. The van der Waals surface area contributed by atoms with Crippen LogP contribution in [0.15, 0.2) is 42.5 Å². The Hall–Kier alpha value is -2.34. The number of rotatable bonds is 4. The molecular weight excluding hydrogens is 318 g/mol. The second-order valence-corrected chi connectivity index (χ2v) is 6.29. The molecule has 1 N–H and O–H groups in total. The first-order valence-corrected chi connectivity index (χ1v) is 7.95. The molecule has 0 saturated heterocycles. The molecule has 3 rings (SSSR count). The Bertz CT molecular complexity index is 809. The van der Waals surface area contributed by atoms with E-state index in [2.05, 4.69) is 10.3 Å². The minimum Gasteiger partial charge on any atom is -0.351 e. The normalized spacial score (nSPS) is 12.3. The molecule has 1 aromatic heterocycles. The molecule has 0 saturated carbocycles. The Morgan fingerprint density at radius 2 is 1.87 bits per heavy atom. The van der Waals surface area contributed by atoms with Gasteiger partial charge in [-0.25, -0.2) is 13.8 Å². The summed E-state index contributed by atoms with van der Waals surface area (Å²) < 4.78 is 28.2. The zero-order valence-corrected chi connectivity index (χ0v) is 13.2. The average Bonchev–Trinajstić information content (AvgIpc) is 2.96. The summed E-state index contributed by atoms with van der Waals surface area (Å²) in [6.45, 7) is 2.17. The molecule has 0 spiro atoms. The number of carbonyl (C=O) groups is 1. The number of hydrogen-bond donors (Lipinski definition) is 1. The number of fused-ring (bicyclic) bond motifs is 1. The van der Waals surface area contributed by atoms with E-state index in [1.165, 1.54) is 6.07 Å². The van der Waals surface area contributed by atoms with Gasteiger partial charge < -0.3 is 5.32 Å². The lowest BCUT2D eigenvalue weighted by Crippen LogP contribution is -2.29. The van der Waals surface area contributed by atoms with Gasteiger partial charge in [0.25, 0.3) is 5.91 Å². The average molecular weight is 332 g/mol. The van der Waals surface area contributed by atoms with E-state index in [0.29, 0.717) is 0 Å². The van der Waals surface area contributed by atoms with E-state index in [0.717, 1.165) is 27.4 Å². The number of para-hydroxylation sites is 1. The van der Waals surface area contributed by atoms with Crippen LogP contribution in [0.4, 0.5) is 8.78 Å². The molecule has 6 heteroatoms. The summed E-state index contributed by atoms with van der Waals surface area (Å²) in [5.41, 5.74) is 0.356. The first-order chi connectivity index (χ1) is 11.1. The lowest BCUT2D eigenvalue weighted by atomic mass is 10.1. The van der Waals surface area contributed by atoms with Gasteiger partial charge in [-0.2, -0.15) is 0 Å². The summed E-state index contributed by atoms with van der Waals surface area (Å²) in [6, 6.07) is 11.1. The smallest absolute Gasteiger partial charge is 0.257 e. The topological polar surface area (TPSA) is 42.0 Å². The quantitative estimate of drug-likeness (QED) is 0.781. The zero-order valence-electron chi connectivity index (χ0n) is 12.3. The highest BCUT2D eigenvalue weighted by atomic mass is 32.1. The number of nitrogens with zero attached hydrogens (tertiary/aromatic N) is 1. The van der Waals surface area contributed by atoms with Crippen molar-refractivity contribution >= 4 is 27.5 Å². The van der Waals surface area contributed by atoms with Gasteiger partial charge in [0.15, 0.2) is 0 Å². The third-order valence-corrected chi connectivity index (χ3v) is 4.76. The minimum atomic E-state index is -0.866. The summed E-state index contributed by atoms with van der Waals surface area (Å²) in [6.07, 6.45) is 0. The second kappa shape index (κ2) is 6.42. The van der Waals surface area contributed by atoms with E-state index in [1.807, 2.05) is 31.2 Å². The summed E-state index contributed by atoms with van der Waals surface area (Å²) in [4.78, 5) is 16.5. The fraction of sp³-hybridized carbons (Fsp3) is 0.176. The van der Waals surface area contributed by atoms with Crippen LogP contribution in [-0.2, 0) is 0 Å². The Kier molecular flexibility index (Phi) is 4.34. The minimum absolute atomic E-state index is 0.0498. The van der Waals surface area contributed by atoms with Gasteiger partial charge in [0.05, 0.1) is 15.2 Å². The molecule has 3 nitrogen and oxygen atoms in total. The molecule has 0 aliphatic carbocycles. The van der Waals surface area contributed by atoms with Crippen molar-refractivity contribution in [3.63, 3.8) is 0 Å². The standard InChI is InChI=1S/C17H14F2N2OS/c1-10(17-21-13-7-2-3-8-14(13)23-17)9-20-16(22)15-11(18)5-4-6-12(15)19/h2-8,10H,9H2,1H3,(H,20,22). The van der Waals surface area contributed by atoms with Crippen molar-refractivity contribution in [1.82, 2.24) is 10.3 Å². The maximum Gasteiger partial charge on any atom is 0.257 e. The maximum absolute atomic E-state index is 13.6. The zero-order chi connectivity index (χ0) is 16.4. The molecule has 0 radical (unpaired) electrons. The molecule has 0 aliphatic heterocycles. The van der Waals surface area contributed by atoms with E-state index in [-0.39, 0.29) is 12.5 Å². The molecule has 2 aromatic carbocycles. The Morgan fingerprint density at radius 3 is 2.57 bits per heavy atom. The lowest BCUT2D eigenvalue weighted by Gasteiger charge is -2.11. The van der Waals surface area contributed by atoms with Crippen molar-refractivity contribution in [2.75, 3.05) is 6.54 Å². The second-order valence-electron chi connectivity index (χ2n) is 5.23. The van der Waals surface area contributed by atoms with Gasteiger partial charge in [-0.15, -0.1) is 11.3 Å². The van der Waals surface area contributed by atoms with Gasteiger partial charge in [-0.1, -0.05) is 25.1 Å². The molecule has 118 valence electrons. The number of nitrogens with one attached hydrogen (secondary N) is 1. The first-order valence-electron chi connectivity index (χ1n) is 7.14. The van der Waals surface area contributed by atoms with E-state index in [1.54, 1.807) is 11.3 Å². The third kappa shape index (κ3) is 3.22. The highest BCUT2D eigenvalue weighted by molar-refractivity contribution is 7.18. The van der Waals surface area contributed by atoms with Gasteiger partial charge in [0, 0.05) is 12.5 Å². The number of thiazole rings is 1. The number of hydrogen-bond acceptors (Lipinski definition) is 3. The molecule has 23 heavy (non-hydrogen) atoms. The number of benzene rings is 2. The van der Waals surface area contributed by atoms with Crippen LogP contribution in [0.3, 0.4) is 0 Å². The van der Waals surface area contributed by atoms with Crippen LogP contribution in [0.5, 0.6) is 0 Å². The van der Waals surface area contributed by atoms with Crippen molar-refractivity contribution in [3.05, 3.63) is 64.7 Å². The van der Waals surface area contributed by atoms with Gasteiger partial charge in [0.1, 0.15) is 17.2 Å². The number of amides is 1. The van der Waals surface area contributed by atoms with Gasteiger partial charge in [-0.3, -0.25) is 4.79 Å². The van der Waals surface area contributed by atoms with Gasteiger partial charge in [0.2, 0.25) is 0 Å². The van der Waals surface area contributed by atoms with E-state index in [9.17, 15) is 13.6 Å². The largest absolute Gasteiger partial charge is 0.351 e. The fourth-order valence-corrected chi connectivity index (χ4v) is 3.26. The Labute approximate surface area is 136 Å². The third-order valence-electron chi connectivity index (χ3n) is 3.49. The van der Waals surface area contributed by atoms with E-state index in [4.69, 9.17) is 0 Å². The molecule has 0 aliphatic rings. The Morgan fingerprint density at radius 1 is 1.17 bits per heavy atom. The van der Waals surface area contributed by atoms with Gasteiger partial charge in [-0.05, 0) is 24.3 Å². The van der Waals surface area contributed by atoms with Crippen molar-refractivity contribution in [3.8, 4) is 0 Å². The van der Waals surface area contributed by atoms with Crippen molar-refractivity contribution in [1.29, 1.82) is 0 Å². The molecule has 1 atom stereocenters. The van der Waals surface area contributed by atoms with Crippen LogP contribution in [0.2, 0.25) is 0 Å². The number of aromatic nitrogens is 1. The predicted octanol–water partition coefficient (Wildman–Crippen LogP) is 4.11. The van der Waals surface area contributed by atoms with Crippen LogP contribution in [0, 0.1) is 11.6 Å². The number of halogens is 2. The summed E-state index contributed by atoms with van der Waals surface area (Å²) in [7, 11) is 0. The summed E-state index contributed by atoms with van der Waals surface area (Å²) in [5, 5.41) is 3.45. The molecule has 0 bridgehead atoms. The molecule has 3 aromatic rings. The highest BCUT2D eigenvalue weighted by Crippen LogP contribution is 2.27. The van der Waals surface area contributed by atoms with Crippen LogP contribution >= 0.6 is 11.3 Å². The maximum atomic E-state index is 13.6. The van der Waals surface area contributed by atoms with Crippen molar-refractivity contribution in [2.24, 2.45) is 0 Å². The van der Waals surface area contributed by atoms with Crippen LogP contribution in [0.25, 0.3) is 10.2 Å². The highest BCUT2D eigenvalue weighted by Gasteiger charge is 2.18. The van der Waals surface area contributed by atoms with E-state index >= 15 is 0 Å². The van der Waals surface area contributed by atoms with Crippen LogP contribution in [0.1, 0.15) is 28.2 Å². The summed E-state index contributed by atoms with van der Waals surface area (Å²) in [5.74, 6) is -2.54. The molecule has 1 heterocycles. The summed E-state index contributed by atoms with van der Waals surface area (Å²) >= 11 is 1.55. The van der Waals surface area contributed by atoms with Crippen molar-refractivity contribution < 1.29 is 13.6 Å². The Balaban J connectivity index is 1.71. The number of carbonyl (C=O) groups excluding carboxylic acids is 1. The fourth-order valence-electron chi connectivity index (χ4n) is 2.24. The van der Waals surface area contributed by atoms with Crippen LogP contribution < -0.4 is 5.32 Å². The monoisotopic (exact) mass is 332 g/mol. The molecule has 1 amide bonds. The van der Waals surface area contributed by atoms with Gasteiger partial charge >= 0.3 is 0 Å². The molecule has 1 unspecified atom stereocenters. The predicted molar refractivity (Wildman–Crippen MR) is 86.7 cm³/mol. The first kappa shape index (κ1) is 15.6.